The summed E-state index contributed by atoms with van der Waals surface area (Å²) in [6.07, 6.45) is 0.533. The molecule has 0 unspecified atom stereocenters. The fourth-order valence-corrected chi connectivity index (χ4v) is 2.02. The molecule has 92 valence electrons. The topological polar surface area (TPSA) is 26.3 Å². The minimum atomic E-state index is -0.567. The lowest BCUT2D eigenvalue weighted by Crippen LogP contribution is -2.29. The van der Waals surface area contributed by atoms with Crippen molar-refractivity contribution in [2.24, 2.45) is 5.41 Å². The molecule has 0 bridgehead atoms. The van der Waals surface area contributed by atoms with Gasteiger partial charge in [-0.3, -0.25) is 4.79 Å². The van der Waals surface area contributed by atoms with Gasteiger partial charge in [0.15, 0.2) is 0 Å². The van der Waals surface area contributed by atoms with E-state index in [0.29, 0.717) is 13.0 Å². The molecule has 0 aliphatic heterocycles. The normalized spacial score (nSPS) is 11.0. The van der Waals surface area contributed by atoms with Gasteiger partial charge in [0.2, 0.25) is 0 Å². The average Bonchev–Trinajstić information content (AvgIpc) is 2.30. The Morgan fingerprint density at radius 3 is 2.41 bits per heavy atom. The fourth-order valence-electron chi connectivity index (χ4n) is 1.53. The summed E-state index contributed by atoms with van der Waals surface area (Å²) in [4.78, 5) is 12.5. The Hall–Kier alpha value is -1.22. The quantitative estimate of drug-likeness (QED) is 0.455. The molecular formula is C14H18O2S. The molecule has 0 saturated carbocycles. The van der Waals surface area contributed by atoms with Gasteiger partial charge in [-0.2, -0.15) is 0 Å². The maximum Gasteiger partial charge on any atom is 0.311 e. The van der Waals surface area contributed by atoms with Crippen LogP contribution in [-0.4, -0.2) is 17.4 Å². The summed E-state index contributed by atoms with van der Waals surface area (Å²) >= 11 is 5.36. The predicted octanol–water partition coefficient (Wildman–Crippen LogP) is 3.38. The fraction of sp³-hybridized carbons (Fsp3) is 0.429. The molecule has 0 radical (unpaired) electrons. The monoisotopic (exact) mass is 250 g/mol. The highest BCUT2D eigenvalue weighted by Gasteiger charge is 2.30. The van der Waals surface area contributed by atoms with Gasteiger partial charge < -0.3 is 4.74 Å². The van der Waals surface area contributed by atoms with Gasteiger partial charge in [0.25, 0.3) is 0 Å². The van der Waals surface area contributed by atoms with E-state index in [2.05, 4.69) is 0 Å². The molecule has 0 atom stereocenters. The van der Waals surface area contributed by atoms with Crippen LogP contribution in [0.4, 0.5) is 0 Å². The first-order valence-corrected chi connectivity index (χ1v) is 6.13. The summed E-state index contributed by atoms with van der Waals surface area (Å²) < 4.78 is 5.04. The molecule has 0 aliphatic carbocycles. The van der Waals surface area contributed by atoms with Crippen LogP contribution in [0.2, 0.25) is 0 Å². The number of carbonyl (C=O) groups excluding carboxylic acids is 1. The number of carbonyl (C=O) groups is 1. The molecule has 17 heavy (non-hydrogen) atoms. The number of hydrogen-bond acceptors (Lipinski definition) is 3. The third kappa shape index (κ3) is 3.93. The van der Waals surface area contributed by atoms with Gasteiger partial charge in [0.1, 0.15) is 0 Å². The first kappa shape index (κ1) is 13.8. The Kier molecular flexibility index (Phi) is 4.82. The van der Waals surface area contributed by atoms with Gasteiger partial charge >= 0.3 is 5.97 Å². The van der Waals surface area contributed by atoms with Crippen LogP contribution >= 0.6 is 12.2 Å². The molecule has 2 nitrogen and oxygen atoms in total. The van der Waals surface area contributed by atoms with Crippen molar-refractivity contribution in [2.75, 3.05) is 6.61 Å². The summed E-state index contributed by atoms with van der Waals surface area (Å²) in [5.74, 6) is -0.196. The van der Waals surface area contributed by atoms with E-state index in [0.717, 1.165) is 10.4 Å². The van der Waals surface area contributed by atoms with Crippen molar-refractivity contribution in [2.45, 2.75) is 27.2 Å². The second kappa shape index (κ2) is 5.92. The summed E-state index contributed by atoms with van der Waals surface area (Å²) in [7, 11) is 0. The van der Waals surface area contributed by atoms with E-state index in [-0.39, 0.29) is 5.97 Å². The molecule has 0 fully saturated rings. The summed E-state index contributed by atoms with van der Waals surface area (Å²) in [5.41, 5.74) is 0.433. The molecule has 3 heteroatoms. The van der Waals surface area contributed by atoms with Gasteiger partial charge in [0, 0.05) is 4.86 Å². The minimum Gasteiger partial charge on any atom is -0.466 e. The summed E-state index contributed by atoms with van der Waals surface area (Å²) in [6, 6.07) is 9.76. The number of ether oxygens (including phenoxy) is 1. The molecule has 0 heterocycles. The number of rotatable bonds is 5. The maximum atomic E-state index is 11.7. The summed E-state index contributed by atoms with van der Waals surface area (Å²) in [5, 5.41) is 0. The first-order chi connectivity index (χ1) is 7.97. The molecule has 1 rings (SSSR count). The lowest BCUT2D eigenvalue weighted by atomic mass is 9.86. The molecule has 0 aromatic heterocycles. The molecular weight excluding hydrogens is 232 g/mol. The number of hydrogen-bond donors (Lipinski definition) is 0. The molecule has 0 N–H and O–H groups in total. The van der Waals surface area contributed by atoms with Crippen LogP contribution in [0.1, 0.15) is 32.8 Å². The van der Waals surface area contributed by atoms with E-state index in [1.54, 1.807) is 0 Å². The standard InChI is InChI=1S/C14H18O2S/c1-4-16-13(15)14(2,3)10-12(17)11-8-6-5-7-9-11/h5-9H,4,10H2,1-3H3. The SMILES string of the molecule is CCOC(=O)C(C)(C)CC(=S)c1ccccc1. The Balaban J connectivity index is 2.71. The predicted molar refractivity (Wildman–Crippen MR) is 73.2 cm³/mol. The smallest absolute Gasteiger partial charge is 0.311 e. The Labute approximate surface area is 108 Å². The van der Waals surface area contributed by atoms with Crippen molar-refractivity contribution in [1.29, 1.82) is 0 Å². The van der Waals surface area contributed by atoms with Crippen LogP contribution in [0, 0.1) is 5.41 Å². The lowest BCUT2D eigenvalue weighted by Gasteiger charge is -2.22. The van der Waals surface area contributed by atoms with E-state index in [9.17, 15) is 4.79 Å². The van der Waals surface area contributed by atoms with Crippen molar-refractivity contribution in [3.63, 3.8) is 0 Å². The van der Waals surface area contributed by atoms with Crippen molar-refractivity contribution < 1.29 is 9.53 Å². The first-order valence-electron chi connectivity index (χ1n) is 5.73. The van der Waals surface area contributed by atoms with E-state index >= 15 is 0 Å². The van der Waals surface area contributed by atoms with Gasteiger partial charge in [-0.15, -0.1) is 0 Å². The van der Waals surface area contributed by atoms with Gasteiger partial charge in [-0.25, -0.2) is 0 Å². The minimum absolute atomic E-state index is 0.196. The zero-order chi connectivity index (χ0) is 12.9. The highest BCUT2D eigenvalue weighted by atomic mass is 32.1. The highest BCUT2D eigenvalue weighted by Crippen LogP contribution is 2.25. The number of thiocarbonyl (C=S) groups is 1. The average molecular weight is 250 g/mol. The van der Waals surface area contributed by atoms with Crippen molar-refractivity contribution in [3.8, 4) is 0 Å². The lowest BCUT2D eigenvalue weighted by molar-refractivity contribution is -0.152. The van der Waals surface area contributed by atoms with Crippen LogP contribution in [0.25, 0.3) is 0 Å². The third-order valence-corrected chi connectivity index (χ3v) is 2.91. The largest absolute Gasteiger partial charge is 0.466 e. The molecule has 0 spiro atoms. The zero-order valence-corrected chi connectivity index (χ0v) is 11.3. The summed E-state index contributed by atoms with van der Waals surface area (Å²) in [6.45, 7) is 5.93. The number of benzene rings is 1. The highest BCUT2D eigenvalue weighted by molar-refractivity contribution is 7.80. The van der Waals surface area contributed by atoms with Crippen LogP contribution in [0.5, 0.6) is 0 Å². The van der Waals surface area contributed by atoms with E-state index in [1.165, 1.54) is 0 Å². The second-order valence-electron chi connectivity index (χ2n) is 4.57. The van der Waals surface area contributed by atoms with E-state index in [4.69, 9.17) is 17.0 Å². The Bertz CT molecular complexity index is 396. The van der Waals surface area contributed by atoms with Gasteiger partial charge in [-0.05, 0) is 32.8 Å². The molecule has 1 aromatic carbocycles. The van der Waals surface area contributed by atoms with Crippen molar-refractivity contribution >= 4 is 23.1 Å². The van der Waals surface area contributed by atoms with Gasteiger partial charge in [0.05, 0.1) is 12.0 Å². The van der Waals surface area contributed by atoms with E-state index in [1.807, 2.05) is 51.1 Å². The Morgan fingerprint density at radius 1 is 1.29 bits per heavy atom. The second-order valence-corrected chi connectivity index (χ2v) is 5.06. The Morgan fingerprint density at radius 2 is 1.88 bits per heavy atom. The van der Waals surface area contributed by atoms with Gasteiger partial charge in [-0.1, -0.05) is 42.5 Å². The number of esters is 1. The zero-order valence-electron chi connectivity index (χ0n) is 10.5. The molecule has 0 aliphatic rings. The van der Waals surface area contributed by atoms with Crippen LogP contribution < -0.4 is 0 Å². The maximum absolute atomic E-state index is 11.7. The van der Waals surface area contributed by atoms with Crippen molar-refractivity contribution in [1.82, 2.24) is 0 Å². The molecule has 0 saturated heterocycles. The van der Waals surface area contributed by atoms with Crippen molar-refractivity contribution in [3.05, 3.63) is 35.9 Å². The van der Waals surface area contributed by atoms with E-state index < -0.39 is 5.41 Å². The molecule has 0 amide bonds. The molecule has 1 aromatic rings. The van der Waals surface area contributed by atoms with Crippen LogP contribution in [0.15, 0.2) is 30.3 Å². The third-order valence-electron chi connectivity index (χ3n) is 2.53. The van der Waals surface area contributed by atoms with Crippen LogP contribution in [-0.2, 0) is 9.53 Å². The van der Waals surface area contributed by atoms with Crippen LogP contribution in [0.3, 0.4) is 0 Å².